The third-order valence-corrected chi connectivity index (χ3v) is 4.12. The lowest BCUT2D eigenvalue weighted by Gasteiger charge is -2.20. The fraction of sp³-hybridized carbons (Fsp3) is 0.889. The van der Waals surface area contributed by atoms with Crippen LogP contribution in [-0.2, 0) is 0 Å². The molecule has 1 nitrogen and oxygen atoms in total. The highest BCUT2D eigenvalue weighted by Gasteiger charge is 2.08. The molecule has 0 unspecified atom stereocenters. The maximum Gasteiger partial charge on any atom is 0.0994 e. The maximum atomic E-state index is 5.36. The van der Waals surface area contributed by atoms with E-state index in [0.29, 0.717) is 0 Å². The third kappa shape index (κ3) is 6.63. The zero-order valence-corrected chi connectivity index (χ0v) is 11.2. The molecule has 0 aliphatic carbocycles. The molecule has 0 aromatic carbocycles. The summed E-state index contributed by atoms with van der Waals surface area (Å²) in [5.74, 6) is 2.19. The summed E-state index contributed by atoms with van der Waals surface area (Å²) in [7, 11) is 0. The largest absolute Gasteiger partial charge is 0.252 e. The fourth-order valence-corrected chi connectivity index (χ4v) is 3.17. The molecule has 0 amide bonds. The van der Waals surface area contributed by atoms with E-state index in [4.69, 9.17) is 12.2 Å². The van der Waals surface area contributed by atoms with Crippen LogP contribution in [0.15, 0.2) is 0 Å². The van der Waals surface area contributed by atoms with Gasteiger partial charge in [0.2, 0.25) is 0 Å². The lowest BCUT2D eigenvalue weighted by molar-refractivity contribution is 0.821. The Morgan fingerprint density at radius 1 is 1.15 bits per heavy atom. The zero-order chi connectivity index (χ0) is 10.1. The van der Waals surface area contributed by atoms with Crippen LogP contribution in [0, 0.1) is 0 Å². The molecule has 0 aliphatic rings. The molecule has 0 aromatic rings. The predicted molar refractivity (Wildman–Crippen MR) is 70.2 cm³/mol. The summed E-state index contributed by atoms with van der Waals surface area (Å²) in [6.45, 7) is 6.53. The van der Waals surface area contributed by atoms with Crippen molar-refractivity contribution in [3.63, 3.8) is 0 Å². The Kier molecular flexibility index (Phi) is 9.57. The first-order chi connectivity index (χ1) is 6.26. The van der Waals surface area contributed by atoms with E-state index in [-0.39, 0.29) is 0 Å². The minimum Gasteiger partial charge on any atom is -0.252 e. The van der Waals surface area contributed by atoms with E-state index in [1.807, 2.05) is 23.9 Å². The first kappa shape index (κ1) is 13.6. The van der Waals surface area contributed by atoms with Gasteiger partial charge < -0.3 is 0 Å². The van der Waals surface area contributed by atoms with Crippen LogP contribution in [0.25, 0.3) is 0 Å². The maximum absolute atomic E-state index is 5.36. The Hall–Kier alpha value is 0.590. The van der Waals surface area contributed by atoms with Gasteiger partial charge >= 0.3 is 0 Å². The molecule has 0 heterocycles. The second-order valence-corrected chi connectivity index (χ2v) is 5.69. The van der Waals surface area contributed by atoms with E-state index < -0.39 is 0 Å². The molecule has 0 N–H and O–H groups in total. The smallest absolute Gasteiger partial charge is 0.0994 e. The van der Waals surface area contributed by atoms with Crippen LogP contribution >= 0.6 is 36.1 Å². The third-order valence-electron chi connectivity index (χ3n) is 1.44. The summed E-state index contributed by atoms with van der Waals surface area (Å²) in [5.41, 5.74) is 0. The van der Waals surface area contributed by atoms with Crippen LogP contribution in [0.4, 0.5) is 0 Å². The van der Waals surface area contributed by atoms with Gasteiger partial charge in [-0.05, 0) is 36.7 Å². The van der Waals surface area contributed by atoms with Crippen LogP contribution < -0.4 is 0 Å². The summed E-state index contributed by atoms with van der Waals surface area (Å²) < 4.78 is 2.20. The van der Waals surface area contributed by atoms with Crippen LogP contribution in [-0.4, -0.2) is 20.2 Å². The van der Waals surface area contributed by atoms with Crippen molar-refractivity contribution in [3.05, 3.63) is 0 Å². The van der Waals surface area contributed by atoms with E-state index >= 15 is 0 Å². The van der Waals surface area contributed by atoms with Crippen molar-refractivity contribution in [2.75, 3.05) is 11.5 Å². The Morgan fingerprint density at radius 2 is 1.69 bits per heavy atom. The molecule has 0 rings (SSSR count). The number of rotatable bonds is 7. The molecule has 0 radical (unpaired) electrons. The van der Waals surface area contributed by atoms with Gasteiger partial charge in [0, 0.05) is 11.5 Å². The molecule has 78 valence electrons. The highest BCUT2D eigenvalue weighted by Crippen LogP contribution is 2.24. The molecule has 0 spiro atoms. The van der Waals surface area contributed by atoms with Crippen molar-refractivity contribution < 1.29 is 0 Å². The molecular weight excluding hydrogens is 218 g/mol. The Labute approximate surface area is 96.3 Å². The minimum absolute atomic E-state index is 1.06. The SMILES string of the molecule is CCCCC(=S)N(SCC)SCC. The monoisotopic (exact) mass is 237 g/mol. The van der Waals surface area contributed by atoms with E-state index in [1.54, 1.807) is 0 Å². The summed E-state index contributed by atoms with van der Waals surface area (Å²) in [5, 5.41) is 0. The first-order valence-corrected chi connectivity index (χ1v) is 7.14. The van der Waals surface area contributed by atoms with Gasteiger partial charge in [0.05, 0.1) is 4.99 Å². The second-order valence-electron chi connectivity index (χ2n) is 2.59. The standard InChI is InChI=1S/C9H19NS3/c1-4-7-8-9(11)10(12-5-2)13-6-3/h4-8H2,1-3H3. The predicted octanol–water partition coefficient (Wildman–Crippen LogP) is 4.14. The summed E-state index contributed by atoms with van der Waals surface area (Å²) >= 11 is 8.99. The number of nitrogens with zero attached hydrogens (tertiary/aromatic N) is 1. The summed E-state index contributed by atoms with van der Waals surface area (Å²) in [6, 6.07) is 0. The average Bonchev–Trinajstić information content (AvgIpc) is 2.14. The van der Waals surface area contributed by atoms with E-state index in [1.165, 1.54) is 12.8 Å². The van der Waals surface area contributed by atoms with E-state index in [0.717, 1.165) is 22.9 Å². The van der Waals surface area contributed by atoms with E-state index in [9.17, 15) is 0 Å². The van der Waals surface area contributed by atoms with E-state index in [2.05, 4.69) is 24.5 Å². The van der Waals surface area contributed by atoms with Crippen molar-refractivity contribution in [1.82, 2.24) is 3.71 Å². The number of hydrogen-bond donors (Lipinski definition) is 0. The van der Waals surface area contributed by atoms with Gasteiger partial charge in [-0.2, -0.15) is 0 Å². The van der Waals surface area contributed by atoms with Gasteiger partial charge in [-0.1, -0.05) is 39.4 Å². The van der Waals surface area contributed by atoms with Crippen LogP contribution in [0.3, 0.4) is 0 Å². The molecule has 0 saturated carbocycles. The lowest BCUT2D eigenvalue weighted by atomic mass is 10.2. The van der Waals surface area contributed by atoms with Gasteiger partial charge in [-0.25, -0.2) is 0 Å². The summed E-state index contributed by atoms with van der Waals surface area (Å²) in [6.07, 6.45) is 3.50. The normalized spacial score (nSPS) is 10.1. The van der Waals surface area contributed by atoms with Crippen molar-refractivity contribution in [3.8, 4) is 0 Å². The zero-order valence-electron chi connectivity index (χ0n) is 8.71. The highest BCUT2D eigenvalue weighted by molar-refractivity contribution is 8.13. The first-order valence-electron chi connectivity index (χ1n) is 4.85. The quantitative estimate of drug-likeness (QED) is 0.483. The molecule has 0 saturated heterocycles. The van der Waals surface area contributed by atoms with Crippen molar-refractivity contribution in [2.24, 2.45) is 0 Å². The topological polar surface area (TPSA) is 3.24 Å². The van der Waals surface area contributed by atoms with Crippen molar-refractivity contribution in [2.45, 2.75) is 40.0 Å². The summed E-state index contributed by atoms with van der Waals surface area (Å²) in [4.78, 5) is 1.10. The molecule has 0 fully saturated rings. The number of hydrogen-bond acceptors (Lipinski definition) is 3. The molecule has 4 heteroatoms. The van der Waals surface area contributed by atoms with Gasteiger partial charge in [0.25, 0.3) is 0 Å². The molecule has 0 aliphatic heterocycles. The van der Waals surface area contributed by atoms with Crippen LogP contribution in [0.2, 0.25) is 0 Å². The molecular formula is C9H19NS3. The highest BCUT2D eigenvalue weighted by atomic mass is 32.2. The minimum atomic E-state index is 1.06. The van der Waals surface area contributed by atoms with Crippen LogP contribution in [0.1, 0.15) is 40.0 Å². The van der Waals surface area contributed by atoms with Crippen LogP contribution in [0.5, 0.6) is 0 Å². The number of unbranched alkanes of at least 4 members (excludes halogenated alkanes) is 1. The van der Waals surface area contributed by atoms with Crippen molar-refractivity contribution >= 4 is 41.1 Å². The lowest BCUT2D eigenvalue weighted by Crippen LogP contribution is -2.15. The van der Waals surface area contributed by atoms with Gasteiger partial charge in [0.15, 0.2) is 0 Å². The van der Waals surface area contributed by atoms with Gasteiger partial charge in [0.1, 0.15) is 0 Å². The molecule has 0 aromatic heterocycles. The van der Waals surface area contributed by atoms with Gasteiger partial charge in [-0.15, -0.1) is 0 Å². The Balaban J connectivity index is 3.80. The fourth-order valence-electron chi connectivity index (χ4n) is 0.835. The molecule has 0 bridgehead atoms. The van der Waals surface area contributed by atoms with Crippen molar-refractivity contribution in [1.29, 1.82) is 0 Å². The number of thiocarbonyl (C=S) groups is 1. The molecule has 0 atom stereocenters. The second kappa shape index (κ2) is 9.16. The Bertz CT molecular complexity index is 133. The van der Waals surface area contributed by atoms with Gasteiger partial charge in [-0.3, -0.25) is 3.71 Å². The molecule has 13 heavy (non-hydrogen) atoms. The Morgan fingerprint density at radius 3 is 2.08 bits per heavy atom. The average molecular weight is 237 g/mol.